The Balaban J connectivity index is 1.06. The fourth-order valence-electron chi connectivity index (χ4n) is 8.82. The van der Waals surface area contributed by atoms with Crippen LogP contribution in [0.5, 0.6) is 0 Å². The van der Waals surface area contributed by atoms with Crippen molar-refractivity contribution in [1.82, 2.24) is 0 Å². The van der Waals surface area contributed by atoms with Gasteiger partial charge in [0.2, 0.25) is 0 Å². The van der Waals surface area contributed by atoms with E-state index in [2.05, 4.69) is 243 Å². The summed E-state index contributed by atoms with van der Waals surface area (Å²) < 4.78 is 0. The summed E-state index contributed by atoms with van der Waals surface area (Å²) in [5, 5.41) is 0. The molecule has 58 heavy (non-hydrogen) atoms. The first-order valence-corrected chi connectivity index (χ1v) is 20.2. The number of fused-ring (bicyclic) bond motifs is 3. The normalized spacial score (nSPS) is 12.4. The lowest BCUT2D eigenvalue weighted by atomic mass is 9.81. The average molecular weight is 742 g/mol. The highest BCUT2D eigenvalue weighted by Crippen LogP contribution is 2.50. The van der Waals surface area contributed by atoms with E-state index in [0.29, 0.717) is 0 Å². The molecule has 0 N–H and O–H groups in total. The van der Waals surface area contributed by atoms with Crippen molar-refractivity contribution < 1.29 is 0 Å². The van der Waals surface area contributed by atoms with Crippen molar-refractivity contribution in [3.8, 4) is 66.8 Å². The molecule has 0 atom stereocenters. The first kappa shape index (κ1) is 35.2. The molecule has 9 aromatic carbocycles. The predicted octanol–water partition coefficient (Wildman–Crippen LogP) is 15.8. The molecule has 9 aromatic rings. The number of hydrogen-bond donors (Lipinski definition) is 0. The lowest BCUT2D eigenvalue weighted by Crippen LogP contribution is -2.14. The summed E-state index contributed by atoms with van der Waals surface area (Å²) in [6.07, 6.45) is 0. The van der Waals surface area contributed by atoms with Crippen molar-refractivity contribution in [3.05, 3.63) is 236 Å². The molecule has 0 aliphatic heterocycles. The summed E-state index contributed by atoms with van der Waals surface area (Å²) in [4.78, 5) is 2.38. The smallest absolute Gasteiger partial charge is 0.0468 e. The molecule has 0 fully saturated rings. The zero-order valence-electron chi connectivity index (χ0n) is 32.8. The molecular formula is C57H43N. The topological polar surface area (TPSA) is 3.24 Å². The molecule has 0 amide bonds. The maximum Gasteiger partial charge on any atom is 0.0468 e. The first-order chi connectivity index (χ1) is 28.5. The van der Waals surface area contributed by atoms with Crippen LogP contribution >= 0.6 is 0 Å². The van der Waals surface area contributed by atoms with Gasteiger partial charge >= 0.3 is 0 Å². The Morgan fingerprint density at radius 3 is 1.22 bits per heavy atom. The van der Waals surface area contributed by atoms with Crippen molar-refractivity contribution in [2.45, 2.75) is 19.3 Å². The molecule has 1 nitrogen and oxygen atoms in total. The van der Waals surface area contributed by atoms with Gasteiger partial charge in [-0.15, -0.1) is 0 Å². The molecule has 0 heterocycles. The van der Waals surface area contributed by atoms with Gasteiger partial charge in [0.1, 0.15) is 0 Å². The van der Waals surface area contributed by atoms with Crippen molar-refractivity contribution >= 4 is 17.1 Å². The summed E-state index contributed by atoms with van der Waals surface area (Å²) in [6, 6.07) is 81.7. The molecule has 1 aliphatic carbocycles. The van der Waals surface area contributed by atoms with Gasteiger partial charge in [0.15, 0.2) is 0 Å². The molecule has 10 rings (SSSR count). The van der Waals surface area contributed by atoms with E-state index in [-0.39, 0.29) is 5.41 Å². The highest BCUT2D eigenvalue weighted by atomic mass is 15.1. The summed E-state index contributed by atoms with van der Waals surface area (Å²) in [5.41, 5.74) is 20.8. The van der Waals surface area contributed by atoms with E-state index in [4.69, 9.17) is 0 Å². The highest BCUT2D eigenvalue weighted by molar-refractivity contribution is 5.90. The van der Waals surface area contributed by atoms with E-state index >= 15 is 0 Å². The standard InChI is InChI=1S/C57H43N/c1-57(2)55-21-13-12-20-52(55)53-36-30-47(38-56(53)57)44-28-33-49(34-29-44)58(48-31-26-43(27-32-48)41-16-8-4-9-17-41)50-35-37-51(54(39-50)45-18-10-5-11-19-45)46-24-22-42(23-25-46)40-14-6-3-7-15-40/h3-39H,1-2H3. The number of hydrogen-bond acceptors (Lipinski definition) is 1. The molecule has 0 saturated heterocycles. The molecule has 0 unspecified atom stereocenters. The minimum atomic E-state index is -0.0445. The third-order valence-corrected chi connectivity index (χ3v) is 11.9. The largest absolute Gasteiger partial charge is 0.310 e. The molecule has 0 saturated carbocycles. The SMILES string of the molecule is CC1(C)c2ccccc2-c2ccc(-c3ccc(N(c4ccc(-c5ccccc5)cc4)c4ccc(-c5ccc(-c6ccccc6)cc5)c(-c5ccccc5)c4)cc3)cc21. The lowest BCUT2D eigenvalue weighted by Gasteiger charge is -2.27. The molecule has 0 bridgehead atoms. The number of benzene rings is 9. The molecule has 276 valence electrons. The van der Waals surface area contributed by atoms with Crippen LogP contribution in [0, 0.1) is 0 Å². The maximum absolute atomic E-state index is 2.40. The van der Waals surface area contributed by atoms with Crippen LogP contribution in [0.25, 0.3) is 66.8 Å². The van der Waals surface area contributed by atoms with E-state index in [1.807, 2.05) is 0 Å². The lowest BCUT2D eigenvalue weighted by molar-refractivity contribution is 0.660. The first-order valence-electron chi connectivity index (χ1n) is 20.2. The molecular weight excluding hydrogens is 699 g/mol. The summed E-state index contributed by atoms with van der Waals surface area (Å²) >= 11 is 0. The van der Waals surface area contributed by atoms with Crippen molar-refractivity contribution in [2.24, 2.45) is 0 Å². The second-order valence-corrected chi connectivity index (χ2v) is 15.8. The summed E-state index contributed by atoms with van der Waals surface area (Å²) in [7, 11) is 0. The van der Waals surface area contributed by atoms with Gasteiger partial charge in [-0.05, 0) is 120 Å². The van der Waals surface area contributed by atoms with Gasteiger partial charge in [-0.3, -0.25) is 0 Å². The quantitative estimate of drug-likeness (QED) is 0.150. The fourth-order valence-corrected chi connectivity index (χ4v) is 8.82. The predicted molar refractivity (Wildman–Crippen MR) is 246 cm³/mol. The van der Waals surface area contributed by atoms with Crippen LogP contribution in [-0.2, 0) is 5.41 Å². The minimum absolute atomic E-state index is 0.0445. The van der Waals surface area contributed by atoms with Crippen LogP contribution < -0.4 is 4.90 Å². The third-order valence-electron chi connectivity index (χ3n) is 11.9. The minimum Gasteiger partial charge on any atom is -0.310 e. The van der Waals surface area contributed by atoms with Gasteiger partial charge < -0.3 is 4.90 Å². The molecule has 0 spiro atoms. The van der Waals surface area contributed by atoms with Gasteiger partial charge in [0.05, 0.1) is 0 Å². The van der Waals surface area contributed by atoms with Crippen molar-refractivity contribution in [3.63, 3.8) is 0 Å². The second-order valence-electron chi connectivity index (χ2n) is 15.8. The summed E-state index contributed by atoms with van der Waals surface area (Å²) in [6.45, 7) is 4.69. The monoisotopic (exact) mass is 741 g/mol. The Morgan fingerprint density at radius 2 is 0.638 bits per heavy atom. The zero-order chi connectivity index (χ0) is 39.1. The van der Waals surface area contributed by atoms with E-state index in [1.165, 1.54) is 77.9 Å². The molecule has 0 radical (unpaired) electrons. The highest BCUT2D eigenvalue weighted by Gasteiger charge is 2.35. The van der Waals surface area contributed by atoms with Gasteiger partial charge in [-0.2, -0.15) is 0 Å². The van der Waals surface area contributed by atoms with Crippen LogP contribution in [0.3, 0.4) is 0 Å². The number of nitrogens with zero attached hydrogens (tertiary/aromatic N) is 1. The van der Waals surface area contributed by atoms with Crippen molar-refractivity contribution in [2.75, 3.05) is 4.90 Å². The number of rotatable bonds is 8. The Kier molecular flexibility index (Phi) is 8.92. The van der Waals surface area contributed by atoms with Gasteiger partial charge in [0, 0.05) is 22.5 Å². The Hall–Kier alpha value is -7.22. The van der Waals surface area contributed by atoms with Gasteiger partial charge in [-0.1, -0.05) is 196 Å². The van der Waals surface area contributed by atoms with E-state index in [0.717, 1.165) is 17.1 Å². The van der Waals surface area contributed by atoms with Gasteiger partial charge in [0.25, 0.3) is 0 Å². The van der Waals surface area contributed by atoms with Crippen LogP contribution in [0.1, 0.15) is 25.0 Å². The molecule has 1 aliphatic rings. The van der Waals surface area contributed by atoms with Crippen LogP contribution in [0.2, 0.25) is 0 Å². The van der Waals surface area contributed by atoms with Crippen molar-refractivity contribution in [1.29, 1.82) is 0 Å². The van der Waals surface area contributed by atoms with E-state index in [1.54, 1.807) is 0 Å². The number of anilines is 3. The van der Waals surface area contributed by atoms with E-state index < -0.39 is 0 Å². The molecule has 0 aromatic heterocycles. The van der Waals surface area contributed by atoms with Gasteiger partial charge in [-0.25, -0.2) is 0 Å². The second kappa shape index (κ2) is 14.7. The summed E-state index contributed by atoms with van der Waals surface area (Å²) in [5.74, 6) is 0. The van der Waals surface area contributed by atoms with Crippen LogP contribution in [0.15, 0.2) is 224 Å². The zero-order valence-corrected chi connectivity index (χ0v) is 32.8. The third kappa shape index (κ3) is 6.41. The Bertz CT molecular complexity index is 2850. The Morgan fingerprint density at radius 1 is 0.259 bits per heavy atom. The van der Waals surface area contributed by atoms with Crippen LogP contribution in [0.4, 0.5) is 17.1 Å². The average Bonchev–Trinajstić information content (AvgIpc) is 3.53. The molecule has 1 heteroatoms. The maximum atomic E-state index is 2.40. The fraction of sp³-hybridized carbons (Fsp3) is 0.0526. The van der Waals surface area contributed by atoms with Crippen LogP contribution in [-0.4, -0.2) is 0 Å². The Labute approximate surface area is 342 Å². The van der Waals surface area contributed by atoms with E-state index in [9.17, 15) is 0 Å².